The molecule has 1 aliphatic rings. The summed E-state index contributed by atoms with van der Waals surface area (Å²) in [5, 5.41) is 0.542. The third kappa shape index (κ3) is 4.51. The molecule has 0 aliphatic carbocycles. The number of benzene rings is 2. The Balaban J connectivity index is 1.80. The Morgan fingerprint density at radius 3 is 2.66 bits per heavy atom. The maximum atomic E-state index is 13.8. The summed E-state index contributed by atoms with van der Waals surface area (Å²) in [6, 6.07) is 12.8. The minimum Gasteiger partial charge on any atom is -0.494 e. The molecule has 0 N–H and O–H groups in total. The summed E-state index contributed by atoms with van der Waals surface area (Å²) < 4.78 is 32.6. The van der Waals surface area contributed by atoms with Gasteiger partial charge in [0.1, 0.15) is 17.3 Å². The first-order valence-corrected chi connectivity index (χ1v) is 13.2. The first kappa shape index (κ1) is 22.7. The third-order valence-electron chi connectivity index (χ3n) is 5.76. The average molecular weight is 474 g/mol. The van der Waals surface area contributed by atoms with E-state index in [9.17, 15) is 13.2 Å². The molecule has 9 heteroatoms. The number of hydrogen-bond acceptors (Lipinski definition) is 6. The van der Waals surface area contributed by atoms with E-state index in [1.807, 2.05) is 49.4 Å². The molecule has 1 amide bonds. The van der Waals surface area contributed by atoms with Crippen molar-refractivity contribution in [2.45, 2.75) is 38.8 Å². The van der Waals surface area contributed by atoms with E-state index in [0.29, 0.717) is 35.9 Å². The Kier molecular flexibility index (Phi) is 6.50. The van der Waals surface area contributed by atoms with Gasteiger partial charge in [-0.05, 0) is 37.0 Å². The molecule has 1 fully saturated rings. The SMILES string of the molecule is COc1ccc(C)c2sc(N(Cc3ccccc3)C(=O)C3CCCCN3S(C)(=O)=O)nc12. The smallest absolute Gasteiger partial charge is 0.247 e. The van der Waals surface area contributed by atoms with Crippen LogP contribution in [0.5, 0.6) is 5.75 Å². The van der Waals surface area contributed by atoms with E-state index < -0.39 is 16.1 Å². The number of carbonyl (C=O) groups excluding carboxylic acids is 1. The summed E-state index contributed by atoms with van der Waals surface area (Å²) in [6.45, 7) is 2.68. The average Bonchev–Trinajstić information content (AvgIpc) is 3.23. The van der Waals surface area contributed by atoms with Crippen LogP contribution in [0.15, 0.2) is 42.5 Å². The van der Waals surface area contributed by atoms with E-state index in [-0.39, 0.29) is 5.91 Å². The molecule has 3 aromatic rings. The molecule has 32 heavy (non-hydrogen) atoms. The summed E-state index contributed by atoms with van der Waals surface area (Å²) in [5.41, 5.74) is 2.71. The first-order chi connectivity index (χ1) is 15.3. The maximum absolute atomic E-state index is 13.8. The molecule has 1 atom stereocenters. The summed E-state index contributed by atoms with van der Waals surface area (Å²) in [7, 11) is -1.90. The molecule has 1 aromatic heterocycles. The molecular weight excluding hydrogens is 446 g/mol. The van der Waals surface area contributed by atoms with Crippen LogP contribution in [-0.4, -0.2) is 49.6 Å². The number of ether oxygens (including phenoxy) is 1. The number of thiazole rings is 1. The van der Waals surface area contributed by atoms with Gasteiger partial charge >= 0.3 is 0 Å². The molecule has 2 heterocycles. The van der Waals surface area contributed by atoms with Gasteiger partial charge in [0.05, 0.1) is 24.6 Å². The van der Waals surface area contributed by atoms with Gasteiger partial charge in [0.15, 0.2) is 5.13 Å². The lowest BCUT2D eigenvalue weighted by Gasteiger charge is -2.35. The molecule has 1 unspecified atom stereocenters. The zero-order chi connectivity index (χ0) is 22.9. The second kappa shape index (κ2) is 9.17. The molecule has 1 aliphatic heterocycles. The van der Waals surface area contributed by atoms with E-state index in [1.165, 1.54) is 21.9 Å². The van der Waals surface area contributed by atoms with Gasteiger partial charge in [-0.3, -0.25) is 9.69 Å². The predicted molar refractivity (Wildman–Crippen MR) is 128 cm³/mol. The fraction of sp³-hybridized carbons (Fsp3) is 0.391. The molecule has 7 nitrogen and oxygen atoms in total. The second-order valence-electron chi connectivity index (χ2n) is 8.05. The van der Waals surface area contributed by atoms with Crippen LogP contribution in [0, 0.1) is 6.92 Å². The third-order valence-corrected chi connectivity index (χ3v) is 8.26. The lowest BCUT2D eigenvalue weighted by atomic mass is 10.0. The minimum absolute atomic E-state index is 0.241. The van der Waals surface area contributed by atoms with Crippen molar-refractivity contribution in [3.05, 3.63) is 53.6 Å². The van der Waals surface area contributed by atoms with Gasteiger partial charge in [0.25, 0.3) is 0 Å². The van der Waals surface area contributed by atoms with Crippen molar-refractivity contribution < 1.29 is 17.9 Å². The lowest BCUT2D eigenvalue weighted by molar-refractivity contribution is -0.123. The van der Waals surface area contributed by atoms with Crippen LogP contribution >= 0.6 is 11.3 Å². The number of rotatable bonds is 6. The molecule has 2 aromatic carbocycles. The molecule has 4 rings (SSSR count). The number of hydrogen-bond donors (Lipinski definition) is 0. The highest BCUT2D eigenvalue weighted by Crippen LogP contribution is 2.37. The first-order valence-electron chi connectivity index (χ1n) is 10.6. The van der Waals surface area contributed by atoms with Crippen molar-refractivity contribution in [3.63, 3.8) is 0 Å². The van der Waals surface area contributed by atoms with E-state index in [0.717, 1.165) is 28.7 Å². The number of aryl methyl sites for hydroxylation is 1. The topological polar surface area (TPSA) is 79.8 Å². The summed E-state index contributed by atoms with van der Waals surface area (Å²) in [4.78, 5) is 20.2. The number of piperidine rings is 1. The van der Waals surface area contributed by atoms with Crippen molar-refractivity contribution in [2.75, 3.05) is 24.8 Å². The second-order valence-corrected chi connectivity index (χ2v) is 11.0. The Hall–Kier alpha value is -2.49. The quantitative estimate of drug-likeness (QED) is 0.541. The van der Waals surface area contributed by atoms with Crippen molar-refractivity contribution in [3.8, 4) is 5.75 Å². The minimum atomic E-state index is -3.50. The molecule has 0 saturated carbocycles. The zero-order valence-electron chi connectivity index (χ0n) is 18.4. The monoisotopic (exact) mass is 473 g/mol. The van der Waals surface area contributed by atoms with Gasteiger partial charge in [-0.2, -0.15) is 4.31 Å². The number of aromatic nitrogens is 1. The Labute approximate surface area is 192 Å². The van der Waals surface area contributed by atoms with Crippen LogP contribution in [0.2, 0.25) is 0 Å². The van der Waals surface area contributed by atoms with Gasteiger partial charge in [0, 0.05) is 6.54 Å². The van der Waals surface area contributed by atoms with Crippen LogP contribution in [0.1, 0.15) is 30.4 Å². The summed E-state index contributed by atoms with van der Waals surface area (Å²) in [6.07, 6.45) is 3.25. The van der Waals surface area contributed by atoms with Crippen LogP contribution in [0.4, 0.5) is 5.13 Å². The number of methoxy groups -OCH3 is 1. The number of carbonyl (C=O) groups is 1. The Morgan fingerprint density at radius 1 is 1.22 bits per heavy atom. The van der Waals surface area contributed by atoms with Crippen molar-refractivity contribution in [1.82, 2.24) is 9.29 Å². The van der Waals surface area contributed by atoms with Gasteiger partial charge in [-0.1, -0.05) is 54.2 Å². The van der Waals surface area contributed by atoms with Gasteiger partial charge < -0.3 is 4.74 Å². The number of sulfonamides is 1. The standard InChI is InChI=1S/C23H27N3O4S2/c1-16-12-13-19(30-2)20-21(16)31-23(24-20)25(15-17-9-5-4-6-10-17)22(27)18-11-7-8-14-26(18)32(3,28)29/h4-6,9-10,12-13,18H,7-8,11,14-15H2,1-3H3. The highest BCUT2D eigenvalue weighted by molar-refractivity contribution is 7.88. The van der Waals surface area contributed by atoms with Crippen molar-refractivity contribution >= 4 is 42.6 Å². The zero-order valence-corrected chi connectivity index (χ0v) is 20.1. The highest BCUT2D eigenvalue weighted by Gasteiger charge is 2.38. The molecule has 0 bridgehead atoms. The lowest BCUT2D eigenvalue weighted by Crippen LogP contribution is -2.52. The van der Waals surface area contributed by atoms with E-state index >= 15 is 0 Å². The largest absolute Gasteiger partial charge is 0.494 e. The summed E-state index contributed by atoms with van der Waals surface area (Å²) >= 11 is 1.43. The predicted octanol–water partition coefficient (Wildman–Crippen LogP) is 3.96. The number of nitrogens with zero attached hydrogens (tertiary/aromatic N) is 3. The van der Waals surface area contributed by atoms with Gasteiger partial charge in [-0.25, -0.2) is 13.4 Å². The van der Waals surface area contributed by atoms with Gasteiger partial charge in [-0.15, -0.1) is 0 Å². The van der Waals surface area contributed by atoms with Crippen LogP contribution < -0.4 is 9.64 Å². The fourth-order valence-electron chi connectivity index (χ4n) is 4.11. The van der Waals surface area contributed by atoms with Crippen LogP contribution in [0.3, 0.4) is 0 Å². The van der Waals surface area contributed by atoms with Crippen LogP contribution in [0.25, 0.3) is 10.2 Å². The Bertz CT molecular complexity index is 1220. The van der Waals surface area contributed by atoms with Crippen molar-refractivity contribution in [2.24, 2.45) is 0 Å². The van der Waals surface area contributed by atoms with Crippen LogP contribution in [-0.2, 0) is 21.4 Å². The Morgan fingerprint density at radius 2 is 1.97 bits per heavy atom. The van der Waals surface area contributed by atoms with E-state index in [1.54, 1.807) is 12.0 Å². The number of amides is 1. The fourth-order valence-corrected chi connectivity index (χ4v) is 6.29. The molecule has 0 radical (unpaired) electrons. The molecule has 0 spiro atoms. The van der Waals surface area contributed by atoms with E-state index in [2.05, 4.69) is 0 Å². The highest BCUT2D eigenvalue weighted by atomic mass is 32.2. The summed E-state index contributed by atoms with van der Waals surface area (Å²) in [5.74, 6) is 0.408. The molecule has 170 valence electrons. The maximum Gasteiger partial charge on any atom is 0.247 e. The molecular formula is C23H27N3O4S2. The van der Waals surface area contributed by atoms with Crippen molar-refractivity contribution in [1.29, 1.82) is 0 Å². The number of anilines is 1. The number of fused-ring (bicyclic) bond motifs is 1. The molecule has 1 saturated heterocycles. The van der Waals surface area contributed by atoms with E-state index in [4.69, 9.17) is 9.72 Å². The normalized spacial score (nSPS) is 17.4. The van der Waals surface area contributed by atoms with Gasteiger partial charge in [0.2, 0.25) is 15.9 Å².